The van der Waals surface area contributed by atoms with E-state index in [1.165, 1.54) is 12.1 Å². The maximum Gasteiger partial charge on any atom is 0.312 e. The molecule has 2 heterocycles. The zero-order chi connectivity index (χ0) is 18.6. The first-order chi connectivity index (χ1) is 12.4. The lowest BCUT2D eigenvalue weighted by Crippen LogP contribution is -2.21. The van der Waals surface area contributed by atoms with E-state index in [0.717, 1.165) is 5.57 Å². The van der Waals surface area contributed by atoms with Crippen molar-refractivity contribution in [1.29, 1.82) is 0 Å². The molecule has 0 N–H and O–H groups in total. The lowest BCUT2D eigenvalue weighted by molar-refractivity contribution is -0.135. The Morgan fingerprint density at radius 3 is 2.62 bits per heavy atom. The number of benzene rings is 2. The van der Waals surface area contributed by atoms with Gasteiger partial charge in [-0.3, -0.25) is 9.59 Å². The molecule has 0 amide bonds. The Labute approximate surface area is 154 Å². The second kappa shape index (κ2) is 5.95. The van der Waals surface area contributed by atoms with Crippen LogP contribution in [-0.4, -0.2) is 11.8 Å². The van der Waals surface area contributed by atoms with Crippen molar-refractivity contribution in [2.45, 2.75) is 26.2 Å². The molecule has 0 saturated carbocycles. The maximum absolute atomic E-state index is 13.6. The van der Waals surface area contributed by atoms with Gasteiger partial charge in [0.15, 0.2) is 5.76 Å². The molecule has 0 unspecified atom stereocenters. The molecular weight excluding hydrogens is 359 g/mol. The highest BCUT2D eigenvalue weighted by Crippen LogP contribution is 2.49. The number of allylic oxidation sites excluding steroid dienone is 2. The molecule has 26 heavy (non-hydrogen) atoms. The summed E-state index contributed by atoms with van der Waals surface area (Å²) >= 11 is 5.92. The topological polar surface area (TPSA) is 52.6 Å². The molecule has 4 nitrogen and oxygen atoms in total. The highest BCUT2D eigenvalue weighted by atomic mass is 35.5. The van der Waals surface area contributed by atoms with E-state index < -0.39 is 17.7 Å². The van der Waals surface area contributed by atoms with E-state index in [9.17, 15) is 14.0 Å². The van der Waals surface area contributed by atoms with Crippen molar-refractivity contribution in [1.82, 2.24) is 0 Å². The Balaban J connectivity index is 1.92. The van der Waals surface area contributed by atoms with Crippen LogP contribution in [0.5, 0.6) is 11.5 Å². The van der Waals surface area contributed by atoms with Gasteiger partial charge in [-0.1, -0.05) is 17.7 Å². The van der Waals surface area contributed by atoms with Crippen molar-refractivity contribution in [3.05, 3.63) is 69.2 Å². The summed E-state index contributed by atoms with van der Waals surface area (Å²) in [6.45, 7) is 3.59. The number of carbonyl (C=O) groups excluding carboxylic acids is 2. The van der Waals surface area contributed by atoms with Gasteiger partial charge in [0.1, 0.15) is 17.3 Å². The predicted octanol–water partition coefficient (Wildman–Crippen LogP) is 4.79. The zero-order valence-electron chi connectivity index (χ0n) is 14.1. The SMILES string of the molecule is CC(C)=C1Oc2c(ccc3c2[C@H](c2ccc(F)c(Cl)c2)CC(=O)O3)C1=O. The molecule has 2 aromatic rings. The lowest BCUT2D eigenvalue weighted by Gasteiger charge is -2.26. The minimum Gasteiger partial charge on any atom is -0.452 e. The normalized spacial score (nSPS) is 18.2. The third-order valence-corrected chi connectivity index (χ3v) is 4.84. The van der Waals surface area contributed by atoms with Crippen LogP contribution >= 0.6 is 11.6 Å². The number of hydrogen-bond acceptors (Lipinski definition) is 4. The molecule has 1 atom stereocenters. The molecular formula is C20H14ClFO4. The second-order valence-corrected chi connectivity index (χ2v) is 6.93. The maximum atomic E-state index is 13.6. The second-order valence-electron chi connectivity index (χ2n) is 6.52. The molecule has 0 saturated heterocycles. The van der Waals surface area contributed by atoms with Gasteiger partial charge in [0.05, 0.1) is 17.0 Å². The summed E-state index contributed by atoms with van der Waals surface area (Å²) in [5.41, 5.74) is 2.45. The van der Waals surface area contributed by atoms with Crippen molar-refractivity contribution in [2.24, 2.45) is 0 Å². The molecule has 0 radical (unpaired) electrons. The number of ether oxygens (including phenoxy) is 2. The third kappa shape index (κ3) is 2.51. The number of rotatable bonds is 1. The molecule has 132 valence electrons. The highest BCUT2D eigenvalue weighted by molar-refractivity contribution is 6.30. The number of ketones is 1. The van der Waals surface area contributed by atoms with E-state index in [0.29, 0.717) is 28.2 Å². The summed E-state index contributed by atoms with van der Waals surface area (Å²) in [7, 11) is 0. The smallest absolute Gasteiger partial charge is 0.312 e. The van der Waals surface area contributed by atoms with Gasteiger partial charge >= 0.3 is 5.97 Å². The van der Waals surface area contributed by atoms with Crippen LogP contribution < -0.4 is 9.47 Å². The van der Waals surface area contributed by atoms with Crippen molar-refractivity contribution in [3.63, 3.8) is 0 Å². The van der Waals surface area contributed by atoms with E-state index in [1.807, 2.05) is 0 Å². The van der Waals surface area contributed by atoms with Gasteiger partial charge in [-0.05, 0) is 49.2 Å². The van der Waals surface area contributed by atoms with E-state index in [-0.39, 0.29) is 23.0 Å². The fourth-order valence-electron chi connectivity index (χ4n) is 3.34. The van der Waals surface area contributed by atoms with Gasteiger partial charge in [-0.15, -0.1) is 0 Å². The highest BCUT2D eigenvalue weighted by Gasteiger charge is 2.38. The molecule has 2 aromatic carbocycles. The number of halogens is 2. The zero-order valence-corrected chi connectivity index (χ0v) is 14.8. The summed E-state index contributed by atoms with van der Waals surface area (Å²) in [4.78, 5) is 24.6. The molecule has 2 aliphatic rings. The van der Waals surface area contributed by atoms with Gasteiger partial charge in [0.2, 0.25) is 5.78 Å². The lowest BCUT2D eigenvalue weighted by atomic mass is 9.84. The molecule has 0 bridgehead atoms. The Bertz CT molecular complexity index is 1010. The molecule has 0 aliphatic carbocycles. The Kier molecular flexibility index (Phi) is 3.84. The van der Waals surface area contributed by atoms with Gasteiger partial charge in [0.25, 0.3) is 0 Å². The Hall–Kier alpha value is -2.66. The summed E-state index contributed by atoms with van der Waals surface area (Å²) < 4.78 is 24.7. The van der Waals surface area contributed by atoms with Gasteiger partial charge in [0, 0.05) is 11.5 Å². The van der Waals surface area contributed by atoms with Crippen LogP contribution in [0.4, 0.5) is 4.39 Å². The minimum absolute atomic E-state index is 0.0300. The number of esters is 1. The number of fused-ring (bicyclic) bond motifs is 3. The third-order valence-electron chi connectivity index (χ3n) is 4.55. The van der Waals surface area contributed by atoms with E-state index in [2.05, 4.69) is 0 Å². The van der Waals surface area contributed by atoms with Crippen LogP contribution in [0.3, 0.4) is 0 Å². The van der Waals surface area contributed by atoms with Crippen LogP contribution in [0, 0.1) is 5.82 Å². The Morgan fingerprint density at radius 2 is 1.92 bits per heavy atom. The van der Waals surface area contributed by atoms with Crippen LogP contribution in [0.15, 0.2) is 41.7 Å². The molecule has 0 spiro atoms. The predicted molar refractivity (Wildman–Crippen MR) is 93.3 cm³/mol. The average molecular weight is 373 g/mol. The first-order valence-corrected chi connectivity index (χ1v) is 8.47. The fraction of sp³-hybridized carbons (Fsp3) is 0.200. The first-order valence-electron chi connectivity index (χ1n) is 8.09. The standard InChI is InChI=1S/C20H14ClFO4/c1-9(2)19-18(24)11-4-6-15-17(20(11)26-19)12(8-16(23)25-15)10-3-5-14(22)13(21)7-10/h3-7,12H,8H2,1-2H3/t12-/m0/s1. The van der Waals surface area contributed by atoms with E-state index in [4.69, 9.17) is 21.1 Å². The summed E-state index contributed by atoms with van der Waals surface area (Å²) in [5.74, 6) is -0.574. The number of hydrogen-bond donors (Lipinski definition) is 0. The van der Waals surface area contributed by atoms with Crippen molar-refractivity contribution >= 4 is 23.4 Å². The fourth-order valence-corrected chi connectivity index (χ4v) is 3.52. The largest absolute Gasteiger partial charge is 0.452 e. The van der Waals surface area contributed by atoms with E-state index in [1.54, 1.807) is 32.0 Å². The van der Waals surface area contributed by atoms with Crippen LogP contribution in [0.25, 0.3) is 0 Å². The minimum atomic E-state index is -0.537. The number of Topliss-reactive ketones (excluding diaryl/α,β-unsaturated/α-hetero) is 1. The van der Waals surface area contributed by atoms with Crippen molar-refractivity contribution in [2.75, 3.05) is 0 Å². The quantitative estimate of drug-likeness (QED) is 0.410. The number of carbonyl (C=O) groups is 2. The molecule has 0 fully saturated rings. The van der Waals surface area contributed by atoms with Crippen molar-refractivity contribution in [3.8, 4) is 11.5 Å². The van der Waals surface area contributed by atoms with Gasteiger partial charge < -0.3 is 9.47 Å². The first kappa shape index (κ1) is 16.8. The van der Waals surface area contributed by atoms with Gasteiger partial charge in [-0.25, -0.2) is 4.39 Å². The monoisotopic (exact) mass is 372 g/mol. The van der Waals surface area contributed by atoms with Gasteiger partial charge in [-0.2, -0.15) is 0 Å². The summed E-state index contributed by atoms with van der Waals surface area (Å²) in [6.07, 6.45) is 0.0487. The average Bonchev–Trinajstić information content (AvgIpc) is 2.93. The van der Waals surface area contributed by atoms with Crippen molar-refractivity contribution < 1.29 is 23.5 Å². The Morgan fingerprint density at radius 1 is 1.15 bits per heavy atom. The summed E-state index contributed by atoms with van der Waals surface area (Å²) in [6, 6.07) is 7.51. The van der Waals surface area contributed by atoms with Crippen LogP contribution in [0.1, 0.15) is 47.7 Å². The molecule has 6 heteroatoms. The molecule has 4 rings (SSSR count). The van der Waals surface area contributed by atoms with Crippen LogP contribution in [-0.2, 0) is 4.79 Å². The summed E-state index contributed by atoms with van der Waals surface area (Å²) in [5, 5.41) is -0.0300. The molecule has 2 aliphatic heterocycles. The van der Waals surface area contributed by atoms with E-state index >= 15 is 0 Å². The van der Waals surface area contributed by atoms with Crippen LogP contribution in [0.2, 0.25) is 5.02 Å². The molecule has 0 aromatic heterocycles.